The summed E-state index contributed by atoms with van der Waals surface area (Å²) in [6, 6.07) is 0. The number of aryl methyl sites for hydroxylation is 1. The van der Waals surface area contributed by atoms with Gasteiger partial charge in [-0.1, -0.05) is 33.1 Å². The number of rotatable bonds is 7. The van der Waals surface area contributed by atoms with Crippen molar-refractivity contribution >= 4 is 0 Å². The monoisotopic (exact) mass is 235 g/mol. The van der Waals surface area contributed by atoms with Crippen molar-refractivity contribution in [3.63, 3.8) is 0 Å². The van der Waals surface area contributed by atoms with Crippen LogP contribution < -0.4 is 5.32 Å². The van der Waals surface area contributed by atoms with Crippen LogP contribution in [0.2, 0.25) is 0 Å². The minimum Gasteiger partial charge on any atom is -0.333 e. The fraction of sp³-hybridized carbons (Fsp3) is 0.786. The van der Waals surface area contributed by atoms with E-state index in [1.54, 1.807) is 0 Å². The second-order valence-corrected chi connectivity index (χ2v) is 5.69. The number of nitrogens with zero attached hydrogens (tertiary/aromatic N) is 2. The first-order chi connectivity index (χ1) is 8.25. The van der Waals surface area contributed by atoms with Gasteiger partial charge in [-0.3, -0.25) is 0 Å². The molecule has 1 fully saturated rings. The van der Waals surface area contributed by atoms with E-state index in [1.165, 1.54) is 31.4 Å². The number of hydrogen-bond donors (Lipinski definition) is 1. The van der Waals surface area contributed by atoms with Crippen molar-refractivity contribution in [2.75, 3.05) is 6.54 Å². The summed E-state index contributed by atoms with van der Waals surface area (Å²) >= 11 is 0. The Hall–Kier alpha value is -0.830. The van der Waals surface area contributed by atoms with Crippen molar-refractivity contribution in [3.8, 4) is 0 Å². The van der Waals surface area contributed by atoms with E-state index in [4.69, 9.17) is 0 Å². The van der Waals surface area contributed by atoms with Gasteiger partial charge >= 0.3 is 0 Å². The van der Waals surface area contributed by atoms with Crippen LogP contribution in [-0.2, 0) is 13.1 Å². The van der Waals surface area contributed by atoms with Gasteiger partial charge in [-0.15, -0.1) is 0 Å². The van der Waals surface area contributed by atoms with Gasteiger partial charge in [0.15, 0.2) is 0 Å². The van der Waals surface area contributed by atoms with E-state index >= 15 is 0 Å². The molecule has 1 N–H and O–H groups in total. The van der Waals surface area contributed by atoms with Gasteiger partial charge in [0.1, 0.15) is 0 Å². The van der Waals surface area contributed by atoms with Gasteiger partial charge in [-0.05, 0) is 24.8 Å². The molecule has 0 aromatic carbocycles. The molecule has 1 heterocycles. The standard InChI is InChI=1S/C14H25N3/c1-12(2)8-15-9-14-10-16-11-17(14)7-6-13-4-3-5-13/h10-13,15H,3-9H2,1-2H3. The van der Waals surface area contributed by atoms with E-state index in [0.29, 0.717) is 5.92 Å². The zero-order chi connectivity index (χ0) is 12.1. The van der Waals surface area contributed by atoms with Gasteiger partial charge in [0.2, 0.25) is 0 Å². The third-order valence-corrected chi connectivity index (χ3v) is 3.66. The number of nitrogens with one attached hydrogen (secondary N) is 1. The van der Waals surface area contributed by atoms with Gasteiger partial charge in [0.25, 0.3) is 0 Å². The number of hydrogen-bond acceptors (Lipinski definition) is 2. The van der Waals surface area contributed by atoms with Crippen molar-refractivity contribution in [1.82, 2.24) is 14.9 Å². The Morgan fingerprint density at radius 2 is 2.29 bits per heavy atom. The molecule has 0 amide bonds. The van der Waals surface area contributed by atoms with Crippen LogP contribution in [0.1, 0.15) is 45.2 Å². The Balaban J connectivity index is 1.74. The van der Waals surface area contributed by atoms with Crippen LogP contribution in [0.4, 0.5) is 0 Å². The van der Waals surface area contributed by atoms with E-state index in [0.717, 1.165) is 25.6 Å². The van der Waals surface area contributed by atoms with Crippen LogP contribution in [0.5, 0.6) is 0 Å². The van der Waals surface area contributed by atoms with E-state index in [2.05, 4.69) is 28.7 Å². The summed E-state index contributed by atoms with van der Waals surface area (Å²) < 4.78 is 2.31. The lowest BCUT2D eigenvalue weighted by Crippen LogP contribution is -2.21. The second-order valence-electron chi connectivity index (χ2n) is 5.69. The Bertz CT molecular complexity index is 326. The Labute approximate surface area is 105 Å². The third kappa shape index (κ3) is 3.84. The van der Waals surface area contributed by atoms with Crippen LogP contribution in [0.25, 0.3) is 0 Å². The van der Waals surface area contributed by atoms with Crippen molar-refractivity contribution < 1.29 is 0 Å². The van der Waals surface area contributed by atoms with Crippen LogP contribution in [0.3, 0.4) is 0 Å². The predicted molar refractivity (Wildman–Crippen MR) is 70.7 cm³/mol. The first-order valence-electron chi connectivity index (χ1n) is 6.95. The lowest BCUT2D eigenvalue weighted by atomic mass is 9.83. The first kappa shape index (κ1) is 12.6. The van der Waals surface area contributed by atoms with E-state index < -0.39 is 0 Å². The van der Waals surface area contributed by atoms with Gasteiger partial charge < -0.3 is 9.88 Å². The second kappa shape index (κ2) is 6.20. The quantitative estimate of drug-likeness (QED) is 0.787. The average molecular weight is 235 g/mol. The van der Waals surface area contributed by atoms with Gasteiger partial charge in [0, 0.05) is 19.3 Å². The normalized spacial score (nSPS) is 16.4. The van der Waals surface area contributed by atoms with Crippen molar-refractivity contribution in [1.29, 1.82) is 0 Å². The van der Waals surface area contributed by atoms with Gasteiger partial charge in [-0.25, -0.2) is 4.98 Å². The Morgan fingerprint density at radius 1 is 1.47 bits per heavy atom. The molecule has 0 bridgehead atoms. The maximum absolute atomic E-state index is 4.26. The summed E-state index contributed by atoms with van der Waals surface area (Å²) in [6.45, 7) is 7.64. The van der Waals surface area contributed by atoms with Crippen LogP contribution in [0, 0.1) is 11.8 Å². The summed E-state index contributed by atoms with van der Waals surface area (Å²) in [4.78, 5) is 4.26. The minimum absolute atomic E-state index is 0.710. The Morgan fingerprint density at radius 3 is 2.94 bits per heavy atom. The highest BCUT2D eigenvalue weighted by Gasteiger charge is 2.17. The van der Waals surface area contributed by atoms with E-state index in [-0.39, 0.29) is 0 Å². The highest BCUT2D eigenvalue weighted by Crippen LogP contribution is 2.29. The predicted octanol–water partition coefficient (Wildman–Crippen LogP) is 2.82. The minimum atomic E-state index is 0.710. The summed E-state index contributed by atoms with van der Waals surface area (Å²) in [5, 5.41) is 3.48. The molecule has 1 aromatic rings. The molecule has 0 atom stereocenters. The molecule has 17 heavy (non-hydrogen) atoms. The van der Waals surface area contributed by atoms with Crippen LogP contribution in [-0.4, -0.2) is 16.1 Å². The molecule has 1 aliphatic carbocycles. The highest BCUT2D eigenvalue weighted by molar-refractivity contribution is 4.98. The maximum atomic E-state index is 4.26. The molecule has 0 unspecified atom stereocenters. The average Bonchev–Trinajstić information content (AvgIpc) is 2.63. The molecular weight excluding hydrogens is 210 g/mol. The van der Waals surface area contributed by atoms with Crippen molar-refractivity contribution in [2.45, 2.75) is 52.6 Å². The topological polar surface area (TPSA) is 29.9 Å². The molecule has 0 spiro atoms. The molecule has 0 radical (unpaired) electrons. The lowest BCUT2D eigenvalue weighted by molar-refractivity contribution is 0.281. The summed E-state index contributed by atoms with van der Waals surface area (Å²) in [7, 11) is 0. The van der Waals surface area contributed by atoms with Gasteiger partial charge in [-0.2, -0.15) is 0 Å². The SMILES string of the molecule is CC(C)CNCc1cncn1CCC1CCC1. The van der Waals surface area contributed by atoms with Crippen molar-refractivity contribution in [3.05, 3.63) is 18.2 Å². The number of imidazole rings is 1. The molecule has 1 saturated carbocycles. The van der Waals surface area contributed by atoms with E-state index in [9.17, 15) is 0 Å². The number of aromatic nitrogens is 2. The lowest BCUT2D eigenvalue weighted by Gasteiger charge is -2.25. The molecular formula is C14H25N3. The molecule has 1 aromatic heterocycles. The molecule has 96 valence electrons. The zero-order valence-corrected chi connectivity index (χ0v) is 11.2. The smallest absolute Gasteiger partial charge is 0.0948 e. The fourth-order valence-electron chi connectivity index (χ4n) is 2.29. The van der Waals surface area contributed by atoms with E-state index in [1.807, 2.05) is 12.5 Å². The molecule has 1 aliphatic rings. The fourth-order valence-corrected chi connectivity index (χ4v) is 2.29. The third-order valence-electron chi connectivity index (χ3n) is 3.66. The highest BCUT2D eigenvalue weighted by atomic mass is 15.1. The largest absolute Gasteiger partial charge is 0.333 e. The summed E-state index contributed by atoms with van der Waals surface area (Å²) in [6.07, 6.45) is 9.62. The molecule has 0 aliphatic heterocycles. The van der Waals surface area contributed by atoms with Crippen molar-refractivity contribution in [2.24, 2.45) is 11.8 Å². The van der Waals surface area contributed by atoms with Crippen LogP contribution >= 0.6 is 0 Å². The van der Waals surface area contributed by atoms with Gasteiger partial charge in [0.05, 0.1) is 12.0 Å². The first-order valence-corrected chi connectivity index (χ1v) is 6.95. The summed E-state index contributed by atoms with van der Waals surface area (Å²) in [5.41, 5.74) is 1.32. The molecule has 0 saturated heterocycles. The molecule has 2 rings (SSSR count). The molecule has 3 heteroatoms. The van der Waals surface area contributed by atoms with Crippen LogP contribution in [0.15, 0.2) is 12.5 Å². The maximum Gasteiger partial charge on any atom is 0.0948 e. The molecule has 3 nitrogen and oxygen atoms in total. The Kier molecular flexibility index (Phi) is 4.60. The summed E-state index contributed by atoms with van der Waals surface area (Å²) in [5.74, 6) is 1.69. The zero-order valence-electron chi connectivity index (χ0n) is 11.2.